The molecule has 0 saturated heterocycles. The van der Waals surface area contributed by atoms with E-state index in [2.05, 4.69) is 9.82 Å². The van der Waals surface area contributed by atoms with Crippen LogP contribution in [0.4, 0.5) is 11.5 Å². The van der Waals surface area contributed by atoms with Gasteiger partial charge in [0.2, 0.25) is 0 Å². The molecule has 6 nitrogen and oxygen atoms in total. The van der Waals surface area contributed by atoms with Crippen molar-refractivity contribution in [1.29, 1.82) is 0 Å². The van der Waals surface area contributed by atoms with Gasteiger partial charge in [0.15, 0.2) is 0 Å². The van der Waals surface area contributed by atoms with Gasteiger partial charge in [-0.15, -0.1) is 0 Å². The maximum Gasteiger partial charge on any atom is 0.265 e. The van der Waals surface area contributed by atoms with Crippen LogP contribution in [-0.4, -0.2) is 18.2 Å². The molecule has 7 heteroatoms. The van der Waals surface area contributed by atoms with Crippen LogP contribution in [-0.2, 0) is 10.0 Å². The average molecular weight is 280 g/mol. The van der Waals surface area contributed by atoms with Crippen molar-refractivity contribution < 1.29 is 8.42 Å². The third-order valence-corrected chi connectivity index (χ3v) is 4.04. The van der Waals surface area contributed by atoms with Gasteiger partial charge in [-0.1, -0.05) is 12.1 Å². The Labute approximate surface area is 112 Å². The predicted molar refractivity (Wildman–Crippen MR) is 74.3 cm³/mol. The summed E-state index contributed by atoms with van der Waals surface area (Å²) in [4.78, 5) is 0.0616. The van der Waals surface area contributed by atoms with Crippen LogP contribution >= 0.6 is 0 Å². The van der Waals surface area contributed by atoms with Gasteiger partial charge >= 0.3 is 0 Å². The van der Waals surface area contributed by atoms with Crippen LogP contribution in [0.25, 0.3) is 0 Å². The fourth-order valence-corrected chi connectivity index (χ4v) is 2.91. The summed E-state index contributed by atoms with van der Waals surface area (Å²) in [6.07, 6.45) is 1.55. The molecular weight excluding hydrogens is 264 g/mol. The maximum absolute atomic E-state index is 12.3. The lowest BCUT2D eigenvalue weighted by Gasteiger charge is -2.13. The first kappa shape index (κ1) is 13.4. The number of nitrogens with zero attached hydrogens (tertiary/aromatic N) is 2. The van der Waals surface area contributed by atoms with Crippen molar-refractivity contribution in [2.24, 2.45) is 0 Å². The number of rotatable bonds is 4. The molecular formula is C12H16N4O2S. The number of nitrogen functional groups attached to an aromatic ring is 1. The van der Waals surface area contributed by atoms with Crippen molar-refractivity contribution >= 4 is 21.5 Å². The number of hydrogen-bond donors (Lipinski definition) is 2. The van der Waals surface area contributed by atoms with Gasteiger partial charge in [-0.25, -0.2) is 13.1 Å². The zero-order valence-corrected chi connectivity index (χ0v) is 11.6. The summed E-state index contributed by atoms with van der Waals surface area (Å²) in [6, 6.07) is 8.00. The molecule has 0 aliphatic rings. The molecule has 0 unspecified atom stereocenters. The molecule has 0 spiro atoms. The molecule has 1 heterocycles. The number of nitrogens with one attached hydrogen (secondary N) is 1. The highest BCUT2D eigenvalue weighted by atomic mass is 32.2. The number of nitrogens with two attached hydrogens (primary N) is 1. The Morgan fingerprint density at radius 1 is 1.26 bits per heavy atom. The van der Waals surface area contributed by atoms with Crippen LogP contribution in [0.1, 0.15) is 19.9 Å². The van der Waals surface area contributed by atoms with Crippen LogP contribution in [0.3, 0.4) is 0 Å². The van der Waals surface area contributed by atoms with Crippen molar-refractivity contribution in [3.63, 3.8) is 0 Å². The first-order valence-electron chi connectivity index (χ1n) is 5.82. The molecule has 3 N–H and O–H groups in total. The number of aromatic nitrogens is 2. The second-order valence-corrected chi connectivity index (χ2v) is 6.05. The summed E-state index contributed by atoms with van der Waals surface area (Å²) in [5.41, 5.74) is 5.91. The molecule has 2 aromatic rings. The number of hydrogen-bond acceptors (Lipinski definition) is 4. The van der Waals surface area contributed by atoms with Crippen LogP contribution in [0.2, 0.25) is 0 Å². The highest BCUT2D eigenvalue weighted by Crippen LogP contribution is 2.22. The summed E-state index contributed by atoms with van der Waals surface area (Å²) in [5, 5.41) is 4.07. The highest BCUT2D eigenvalue weighted by molar-refractivity contribution is 7.92. The summed E-state index contributed by atoms with van der Waals surface area (Å²) in [5.74, 6) is 0.415. The smallest absolute Gasteiger partial charge is 0.265 e. The quantitative estimate of drug-likeness (QED) is 0.836. The standard InChI is InChI=1S/C12H16N4O2S/c1-9(2)16-12(7-8-14-16)15-19(17,18)11-6-4-3-5-10(11)13/h3-9,15H,13H2,1-2H3. The molecule has 0 amide bonds. The number of anilines is 2. The lowest BCUT2D eigenvalue weighted by molar-refractivity contribution is 0.539. The Morgan fingerprint density at radius 2 is 1.95 bits per heavy atom. The largest absolute Gasteiger partial charge is 0.398 e. The van der Waals surface area contributed by atoms with Crippen LogP contribution in [0.15, 0.2) is 41.4 Å². The minimum absolute atomic E-state index is 0.0563. The Hall–Kier alpha value is -2.02. The van der Waals surface area contributed by atoms with Gasteiger partial charge in [0, 0.05) is 12.1 Å². The van der Waals surface area contributed by atoms with Gasteiger partial charge in [-0.2, -0.15) is 5.10 Å². The topological polar surface area (TPSA) is 90.0 Å². The summed E-state index contributed by atoms with van der Waals surface area (Å²) in [6.45, 7) is 3.84. The number of sulfonamides is 1. The Bertz CT molecular complexity index is 677. The number of para-hydroxylation sites is 1. The molecule has 0 bridgehead atoms. The van der Waals surface area contributed by atoms with Crippen LogP contribution in [0.5, 0.6) is 0 Å². The minimum atomic E-state index is -3.71. The normalized spacial score (nSPS) is 11.7. The van der Waals surface area contributed by atoms with E-state index < -0.39 is 10.0 Å². The third-order valence-electron chi connectivity index (χ3n) is 2.61. The molecule has 0 atom stereocenters. The molecule has 102 valence electrons. The molecule has 1 aromatic heterocycles. The van der Waals surface area contributed by atoms with E-state index in [1.165, 1.54) is 6.07 Å². The summed E-state index contributed by atoms with van der Waals surface area (Å²) >= 11 is 0. The second kappa shape index (κ2) is 4.93. The van der Waals surface area contributed by atoms with Crippen molar-refractivity contribution in [2.45, 2.75) is 24.8 Å². The molecule has 2 rings (SSSR count). The second-order valence-electron chi connectivity index (χ2n) is 4.40. The van der Waals surface area contributed by atoms with Crippen molar-refractivity contribution in [3.05, 3.63) is 36.5 Å². The van der Waals surface area contributed by atoms with E-state index in [4.69, 9.17) is 5.73 Å². The van der Waals surface area contributed by atoms with E-state index in [9.17, 15) is 8.42 Å². The monoisotopic (exact) mass is 280 g/mol. The van der Waals surface area contributed by atoms with Crippen molar-refractivity contribution in [1.82, 2.24) is 9.78 Å². The molecule has 0 aliphatic carbocycles. The highest BCUT2D eigenvalue weighted by Gasteiger charge is 2.19. The van der Waals surface area contributed by atoms with Gasteiger partial charge in [-0.05, 0) is 26.0 Å². The lowest BCUT2D eigenvalue weighted by Crippen LogP contribution is -2.18. The van der Waals surface area contributed by atoms with Crippen LogP contribution in [0, 0.1) is 0 Å². The zero-order valence-electron chi connectivity index (χ0n) is 10.7. The van der Waals surface area contributed by atoms with E-state index in [-0.39, 0.29) is 16.6 Å². The fraction of sp³-hybridized carbons (Fsp3) is 0.250. The van der Waals surface area contributed by atoms with Gasteiger partial charge in [0.25, 0.3) is 10.0 Å². The fourth-order valence-electron chi connectivity index (χ4n) is 1.72. The van der Waals surface area contributed by atoms with Crippen molar-refractivity contribution in [3.8, 4) is 0 Å². The number of benzene rings is 1. The molecule has 1 aromatic carbocycles. The van der Waals surface area contributed by atoms with Gasteiger partial charge in [0.1, 0.15) is 10.7 Å². The Kier molecular flexibility index (Phi) is 3.48. The third kappa shape index (κ3) is 2.70. The zero-order chi connectivity index (χ0) is 14.0. The molecule has 19 heavy (non-hydrogen) atoms. The first-order valence-corrected chi connectivity index (χ1v) is 7.31. The maximum atomic E-state index is 12.3. The van der Waals surface area contributed by atoms with E-state index in [0.717, 1.165) is 0 Å². The van der Waals surface area contributed by atoms with E-state index in [1.54, 1.807) is 35.1 Å². The molecule has 0 radical (unpaired) electrons. The van der Waals surface area contributed by atoms with E-state index in [1.807, 2.05) is 13.8 Å². The average Bonchev–Trinajstić information content (AvgIpc) is 2.76. The van der Waals surface area contributed by atoms with Crippen LogP contribution < -0.4 is 10.5 Å². The van der Waals surface area contributed by atoms with E-state index >= 15 is 0 Å². The molecule has 0 fully saturated rings. The summed E-state index contributed by atoms with van der Waals surface area (Å²) < 4.78 is 28.6. The predicted octanol–water partition coefficient (Wildman–Crippen LogP) is 1.85. The Balaban J connectivity index is 2.37. The lowest BCUT2D eigenvalue weighted by atomic mass is 10.3. The minimum Gasteiger partial charge on any atom is -0.398 e. The van der Waals surface area contributed by atoms with Gasteiger partial charge < -0.3 is 5.73 Å². The van der Waals surface area contributed by atoms with Gasteiger partial charge in [-0.3, -0.25) is 4.72 Å². The molecule has 0 saturated carbocycles. The van der Waals surface area contributed by atoms with Gasteiger partial charge in [0.05, 0.1) is 11.9 Å². The first-order chi connectivity index (χ1) is 8.92. The van der Waals surface area contributed by atoms with Crippen molar-refractivity contribution in [2.75, 3.05) is 10.5 Å². The Morgan fingerprint density at radius 3 is 2.58 bits per heavy atom. The summed E-state index contributed by atoms with van der Waals surface area (Å²) in [7, 11) is -3.71. The molecule has 0 aliphatic heterocycles. The SMILES string of the molecule is CC(C)n1nccc1NS(=O)(=O)c1ccccc1N. The van der Waals surface area contributed by atoms with E-state index in [0.29, 0.717) is 5.82 Å².